The zero-order chi connectivity index (χ0) is 17.9. The second-order valence-electron chi connectivity index (χ2n) is 8.10. The molecule has 0 aromatic heterocycles. The fourth-order valence-electron chi connectivity index (χ4n) is 5.11. The summed E-state index contributed by atoms with van der Waals surface area (Å²) < 4.78 is 5.99. The summed E-state index contributed by atoms with van der Waals surface area (Å²) >= 11 is 0. The van der Waals surface area contributed by atoms with Gasteiger partial charge in [-0.2, -0.15) is 0 Å². The minimum atomic E-state index is 0.395. The van der Waals surface area contributed by atoms with Crippen molar-refractivity contribution in [3.63, 3.8) is 0 Å². The molecule has 0 aromatic rings. The van der Waals surface area contributed by atoms with Crippen LogP contribution in [0.1, 0.15) is 52.9 Å². The lowest BCUT2D eigenvalue weighted by molar-refractivity contribution is -0.168. The molecule has 3 unspecified atom stereocenters. The Morgan fingerprint density at radius 2 is 2.04 bits per heavy atom. The molecule has 1 heterocycles. The number of likely N-dealkylation sites (tertiary alicyclic amines) is 1. The Morgan fingerprint density at radius 3 is 2.60 bits per heavy atom. The van der Waals surface area contributed by atoms with Crippen molar-refractivity contribution in [2.45, 2.75) is 65.0 Å². The largest absolute Gasteiger partial charge is 0.378 e. The molecule has 5 heteroatoms. The first-order valence-electron chi connectivity index (χ1n) is 10.5. The number of ether oxygens (including phenoxy) is 1. The second-order valence-corrected chi connectivity index (χ2v) is 8.10. The highest BCUT2D eigenvalue weighted by molar-refractivity contribution is 5.80. The van der Waals surface area contributed by atoms with Crippen LogP contribution in [0.4, 0.5) is 0 Å². The van der Waals surface area contributed by atoms with Crippen molar-refractivity contribution in [2.75, 3.05) is 46.4 Å². The van der Waals surface area contributed by atoms with E-state index in [4.69, 9.17) is 4.74 Å². The maximum absolute atomic E-state index is 5.99. The molecule has 3 atom stereocenters. The Labute approximate surface area is 154 Å². The Hall–Kier alpha value is -0.810. The maximum atomic E-state index is 5.99. The Kier molecular flexibility index (Phi) is 6.26. The van der Waals surface area contributed by atoms with Gasteiger partial charge in [0.2, 0.25) is 0 Å². The summed E-state index contributed by atoms with van der Waals surface area (Å²) in [6, 6.07) is 0.554. The maximum Gasteiger partial charge on any atom is 0.193 e. The molecule has 2 saturated carbocycles. The number of hydrogen-bond acceptors (Lipinski definition) is 3. The molecular weight excluding hydrogens is 312 g/mol. The van der Waals surface area contributed by atoms with E-state index in [9.17, 15) is 0 Å². The highest BCUT2D eigenvalue weighted by Gasteiger charge is 2.59. The van der Waals surface area contributed by atoms with Crippen LogP contribution in [0.5, 0.6) is 0 Å². The van der Waals surface area contributed by atoms with Crippen LogP contribution in [0, 0.1) is 11.3 Å². The molecule has 3 fully saturated rings. The monoisotopic (exact) mass is 350 g/mol. The van der Waals surface area contributed by atoms with Gasteiger partial charge in [-0.15, -0.1) is 0 Å². The fourth-order valence-corrected chi connectivity index (χ4v) is 5.11. The third-order valence-corrected chi connectivity index (χ3v) is 6.95. The van der Waals surface area contributed by atoms with E-state index >= 15 is 0 Å². The molecule has 1 saturated heterocycles. The summed E-state index contributed by atoms with van der Waals surface area (Å²) in [5, 5.41) is 3.81. The number of nitrogens with one attached hydrogen (secondary N) is 1. The number of rotatable bonds is 7. The van der Waals surface area contributed by atoms with Crippen molar-refractivity contribution >= 4 is 5.96 Å². The summed E-state index contributed by atoms with van der Waals surface area (Å²) in [6.07, 6.45) is 6.89. The van der Waals surface area contributed by atoms with Gasteiger partial charge in [0.1, 0.15) is 0 Å². The lowest BCUT2D eigenvalue weighted by Gasteiger charge is -2.61. The second kappa shape index (κ2) is 8.26. The third kappa shape index (κ3) is 3.68. The Morgan fingerprint density at radius 1 is 1.28 bits per heavy atom. The van der Waals surface area contributed by atoms with Crippen molar-refractivity contribution in [3.8, 4) is 0 Å². The van der Waals surface area contributed by atoms with E-state index in [1.807, 2.05) is 7.05 Å². The van der Waals surface area contributed by atoms with E-state index in [2.05, 4.69) is 40.9 Å². The van der Waals surface area contributed by atoms with Crippen molar-refractivity contribution in [1.29, 1.82) is 0 Å². The van der Waals surface area contributed by atoms with E-state index in [0.717, 1.165) is 51.1 Å². The van der Waals surface area contributed by atoms with Gasteiger partial charge >= 0.3 is 0 Å². The smallest absolute Gasteiger partial charge is 0.193 e. The average molecular weight is 351 g/mol. The molecule has 25 heavy (non-hydrogen) atoms. The topological polar surface area (TPSA) is 40.1 Å². The minimum absolute atomic E-state index is 0.395. The van der Waals surface area contributed by atoms with Crippen LogP contribution in [0.2, 0.25) is 0 Å². The van der Waals surface area contributed by atoms with Crippen LogP contribution in [0.25, 0.3) is 0 Å². The van der Waals surface area contributed by atoms with Gasteiger partial charge in [0.15, 0.2) is 5.96 Å². The van der Waals surface area contributed by atoms with Crippen LogP contribution in [-0.4, -0.2) is 74.3 Å². The lowest BCUT2D eigenvalue weighted by atomic mass is 9.51. The number of aliphatic imine (C=N–C) groups is 1. The third-order valence-electron chi connectivity index (χ3n) is 6.95. The molecule has 3 aliphatic rings. The zero-order valence-electron chi connectivity index (χ0n) is 16.8. The van der Waals surface area contributed by atoms with Crippen LogP contribution < -0.4 is 5.32 Å². The van der Waals surface area contributed by atoms with E-state index < -0.39 is 0 Å². The van der Waals surface area contributed by atoms with Gasteiger partial charge in [0.05, 0.1) is 6.10 Å². The molecule has 2 aliphatic carbocycles. The molecular formula is C20H38N4O. The van der Waals surface area contributed by atoms with Crippen LogP contribution in [-0.2, 0) is 4.74 Å². The number of guanidine groups is 1. The van der Waals surface area contributed by atoms with Gasteiger partial charge in [-0.3, -0.25) is 4.99 Å². The van der Waals surface area contributed by atoms with E-state index in [0.29, 0.717) is 17.6 Å². The molecule has 144 valence electrons. The molecule has 3 rings (SSSR count). The summed E-state index contributed by atoms with van der Waals surface area (Å²) in [5.41, 5.74) is 0.395. The summed E-state index contributed by atoms with van der Waals surface area (Å²) in [7, 11) is 1.94. The Balaban J connectivity index is 1.52. The molecule has 1 spiro atoms. The molecule has 0 radical (unpaired) electrons. The first kappa shape index (κ1) is 19.0. The summed E-state index contributed by atoms with van der Waals surface area (Å²) in [4.78, 5) is 9.65. The van der Waals surface area contributed by atoms with E-state index in [1.165, 1.54) is 32.2 Å². The van der Waals surface area contributed by atoms with Crippen molar-refractivity contribution < 1.29 is 4.74 Å². The molecule has 0 aromatic carbocycles. The van der Waals surface area contributed by atoms with Gasteiger partial charge in [-0.05, 0) is 51.6 Å². The van der Waals surface area contributed by atoms with E-state index in [-0.39, 0.29) is 0 Å². The van der Waals surface area contributed by atoms with Crippen molar-refractivity contribution in [3.05, 3.63) is 0 Å². The lowest BCUT2D eigenvalue weighted by Crippen LogP contribution is -2.68. The predicted molar refractivity (Wildman–Crippen MR) is 104 cm³/mol. The van der Waals surface area contributed by atoms with Gasteiger partial charge in [0, 0.05) is 44.7 Å². The van der Waals surface area contributed by atoms with Gasteiger partial charge in [0.25, 0.3) is 0 Å². The molecule has 1 aliphatic heterocycles. The van der Waals surface area contributed by atoms with Crippen LogP contribution >= 0.6 is 0 Å². The van der Waals surface area contributed by atoms with Crippen molar-refractivity contribution in [1.82, 2.24) is 15.1 Å². The minimum Gasteiger partial charge on any atom is -0.378 e. The fraction of sp³-hybridized carbons (Fsp3) is 0.950. The van der Waals surface area contributed by atoms with Crippen molar-refractivity contribution in [2.24, 2.45) is 16.3 Å². The Bertz CT molecular complexity index is 459. The highest BCUT2D eigenvalue weighted by atomic mass is 16.5. The first-order chi connectivity index (χ1) is 12.2. The van der Waals surface area contributed by atoms with Gasteiger partial charge < -0.3 is 19.9 Å². The highest BCUT2D eigenvalue weighted by Crippen LogP contribution is 2.57. The van der Waals surface area contributed by atoms with Gasteiger partial charge in [-0.25, -0.2) is 0 Å². The van der Waals surface area contributed by atoms with Crippen LogP contribution in [0.15, 0.2) is 4.99 Å². The zero-order valence-corrected chi connectivity index (χ0v) is 16.8. The number of hydrogen-bond donors (Lipinski definition) is 1. The van der Waals surface area contributed by atoms with Crippen LogP contribution in [0.3, 0.4) is 0 Å². The molecule has 0 bridgehead atoms. The number of nitrogens with zero attached hydrogens (tertiary/aromatic N) is 3. The summed E-state index contributed by atoms with van der Waals surface area (Å²) in [6.45, 7) is 13.3. The average Bonchev–Trinajstić information content (AvgIpc) is 3.02. The molecule has 0 amide bonds. The SMILES string of the molecule is CCOC1CC(NC(=NC)N2CCC(CN(CC)CC)C2)C12CCC2. The standard InChI is InChI=1S/C20H38N4O/c1-5-23(6-2)14-16-9-12-24(15-16)19(21-4)22-17-13-18(25-7-3)20(17)10-8-11-20/h16-18H,5-15H2,1-4H3,(H,21,22). The normalized spacial score (nSPS) is 31.3. The molecule has 1 N–H and O–H groups in total. The predicted octanol–water partition coefficient (Wildman–Crippen LogP) is 2.57. The quantitative estimate of drug-likeness (QED) is 0.566. The molecule has 5 nitrogen and oxygen atoms in total. The van der Waals surface area contributed by atoms with Gasteiger partial charge in [-0.1, -0.05) is 20.3 Å². The summed E-state index contributed by atoms with van der Waals surface area (Å²) in [5.74, 6) is 1.89. The van der Waals surface area contributed by atoms with E-state index in [1.54, 1.807) is 0 Å². The first-order valence-corrected chi connectivity index (χ1v) is 10.5.